The third-order valence-electron chi connectivity index (χ3n) is 2.44. The molecule has 0 bridgehead atoms. The van der Waals surface area contributed by atoms with Crippen molar-refractivity contribution in [2.24, 2.45) is 10.1 Å². The first-order valence-corrected chi connectivity index (χ1v) is 6.96. The number of benzene rings is 2. The van der Waals surface area contributed by atoms with E-state index in [0.29, 0.717) is 11.3 Å². The molecule has 0 atom stereocenters. The summed E-state index contributed by atoms with van der Waals surface area (Å²) < 4.78 is 22.4. The molecule has 6 heteroatoms. The van der Waals surface area contributed by atoms with Gasteiger partial charge in [-0.1, -0.05) is 18.2 Å². The lowest BCUT2D eigenvalue weighted by atomic mass is 10.2. The zero-order valence-electron chi connectivity index (χ0n) is 9.89. The minimum atomic E-state index is -3.74. The minimum absolute atomic E-state index is 0.000524. The number of nitrogens with zero attached hydrogens (tertiary/aromatic N) is 1. The largest absolute Gasteiger partial charge is 0.507 e. The Hall–Kier alpha value is -2.18. The maximum Gasteiger partial charge on any atom is 0.238 e. The lowest BCUT2D eigenvalue weighted by Crippen LogP contribution is -2.11. The molecule has 0 spiro atoms. The summed E-state index contributed by atoms with van der Waals surface area (Å²) in [5, 5.41) is 14.6. The summed E-state index contributed by atoms with van der Waals surface area (Å²) in [7, 11) is -3.74. The SMILES string of the molecule is NS(=O)(=O)c1cccc(N=Cc2ccccc2O)c1. The van der Waals surface area contributed by atoms with Crippen LogP contribution >= 0.6 is 0 Å². The molecule has 5 nitrogen and oxygen atoms in total. The van der Waals surface area contributed by atoms with E-state index in [1.165, 1.54) is 18.3 Å². The number of hydrogen-bond acceptors (Lipinski definition) is 4. The Morgan fingerprint density at radius 2 is 1.84 bits per heavy atom. The van der Waals surface area contributed by atoms with Gasteiger partial charge in [0.2, 0.25) is 10.0 Å². The highest BCUT2D eigenvalue weighted by atomic mass is 32.2. The quantitative estimate of drug-likeness (QED) is 0.837. The number of phenols is 1. The van der Waals surface area contributed by atoms with Crippen LogP contribution in [0, 0.1) is 0 Å². The Kier molecular flexibility index (Phi) is 3.64. The molecule has 0 fully saturated rings. The normalized spacial score (nSPS) is 11.8. The molecule has 0 aliphatic rings. The molecule has 3 N–H and O–H groups in total. The van der Waals surface area contributed by atoms with Crippen LogP contribution in [-0.2, 0) is 10.0 Å². The monoisotopic (exact) mass is 276 g/mol. The van der Waals surface area contributed by atoms with Gasteiger partial charge in [0.1, 0.15) is 5.75 Å². The molecule has 98 valence electrons. The highest BCUT2D eigenvalue weighted by Gasteiger charge is 2.07. The highest BCUT2D eigenvalue weighted by Crippen LogP contribution is 2.18. The molecule has 0 saturated carbocycles. The average Bonchev–Trinajstić information content (AvgIpc) is 2.37. The van der Waals surface area contributed by atoms with Crippen molar-refractivity contribution < 1.29 is 13.5 Å². The number of aliphatic imine (C=N–C) groups is 1. The van der Waals surface area contributed by atoms with Crippen molar-refractivity contribution in [2.75, 3.05) is 0 Å². The van der Waals surface area contributed by atoms with Crippen LogP contribution in [0.3, 0.4) is 0 Å². The second kappa shape index (κ2) is 5.21. The molecule has 2 aromatic carbocycles. The van der Waals surface area contributed by atoms with Crippen LogP contribution in [0.2, 0.25) is 0 Å². The first kappa shape index (κ1) is 13.3. The Bertz CT molecular complexity index is 724. The standard InChI is InChI=1S/C13H12N2O3S/c14-19(17,18)12-6-3-5-11(8-12)15-9-10-4-1-2-7-13(10)16/h1-9,16H,(H2,14,17,18). The van der Waals surface area contributed by atoms with Gasteiger partial charge in [-0.2, -0.15) is 0 Å². The molecule has 0 aliphatic heterocycles. The maximum atomic E-state index is 11.2. The van der Waals surface area contributed by atoms with Gasteiger partial charge in [0.15, 0.2) is 0 Å². The van der Waals surface area contributed by atoms with Crippen molar-refractivity contribution in [3.8, 4) is 5.75 Å². The summed E-state index contributed by atoms with van der Waals surface area (Å²) in [5.41, 5.74) is 0.985. The Labute approximate surface area is 111 Å². The fourth-order valence-corrected chi connectivity index (χ4v) is 2.03. The molecule has 2 aromatic rings. The number of nitrogens with two attached hydrogens (primary N) is 1. The number of primary sulfonamides is 1. The number of aromatic hydroxyl groups is 1. The zero-order valence-corrected chi connectivity index (χ0v) is 10.7. The van der Waals surface area contributed by atoms with E-state index >= 15 is 0 Å². The molecule has 0 aromatic heterocycles. The van der Waals surface area contributed by atoms with E-state index in [2.05, 4.69) is 4.99 Å². The maximum absolute atomic E-state index is 11.2. The van der Waals surface area contributed by atoms with Gasteiger partial charge in [-0.3, -0.25) is 4.99 Å². The van der Waals surface area contributed by atoms with Gasteiger partial charge in [-0.05, 0) is 30.3 Å². The van der Waals surface area contributed by atoms with Crippen molar-refractivity contribution in [1.29, 1.82) is 0 Å². The second-order valence-corrected chi connectivity index (χ2v) is 5.42. The van der Waals surface area contributed by atoms with Gasteiger partial charge in [0.05, 0.1) is 10.6 Å². The van der Waals surface area contributed by atoms with E-state index in [9.17, 15) is 13.5 Å². The number of para-hydroxylation sites is 1. The van der Waals surface area contributed by atoms with E-state index in [1.54, 1.807) is 36.4 Å². The third-order valence-corrected chi connectivity index (χ3v) is 3.35. The van der Waals surface area contributed by atoms with Crippen LogP contribution in [0.4, 0.5) is 5.69 Å². The van der Waals surface area contributed by atoms with Gasteiger partial charge in [0.25, 0.3) is 0 Å². The molecular formula is C13H12N2O3S. The lowest BCUT2D eigenvalue weighted by Gasteiger charge is -2.00. The third kappa shape index (κ3) is 3.40. The number of hydrogen-bond donors (Lipinski definition) is 2. The molecule has 19 heavy (non-hydrogen) atoms. The van der Waals surface area contributed by atoms with Crippen LogP contribution < -0.4 is 5.14 Å². The summed E-state index contributed by atoms with van der Waals surface area (Å²) in [4.78, 5) is 4.11. The fourth-order valence-electron chi connectivity index (χ4n) is 1.48. The fraction of sp³-hybridized carbons (Fsp3) is 0. The van der Waals surface area contributed by atoms with Gasteiger partial charge < -0.3 is 5.11 Å². The van der Waals surface area contributed by atoms with Gasteiger partial charge >= 0.3 is 0 Å². The van der Waals surface area contributed by atoms with E-state index in [0.717, 1.165) is 0 Å². The van der Waals surface area contributed by atoms with E-state index < -0.39 is 10.0 Å². The van der Waals surface area contributed by atoms with Crippen molar-refractivity contribution in [2.45, 2.75) is 4.90 Å². The van der Waals surface area contributed by atoms with Crippen LogP contribution in [0.5, 0.6) is 5.75 Å². The Morgan fingerprint density at radius 1 is 1.11 bits per heavy atom. The summed E-state index contributed by atoms with van der Waals surface area (Å²) in [6, 6.07) is 12.7. The van der Waals surface area contributed by atoms with E-state index in [-0.39, 0.29) is 10.6 Å². The van der Waals surface area contributed by atoms with Crippen LogP contribution in [0.1, 0.15) is 5.56 Å². The predicted octanol–water partition coefficient (Wildman–Crippen LogP) is 1.79. The molecule has 0 amide bonds. The molecule has 0 saturated heterocycles. The molecule has 2 rings (SSSR count). The van der Waals surface area contributed by atoms with Gasteiger partial charge in [-0.15, -0.1) is 0 Å². The van der Waals surface area contributed by atoms with Crippen LogP contribution in [0.15, 0.2) is 58.4 Å². The predicted molar refractivity (Wildman–Crippen MR) is 73.2 cm³/mol. The van der Waals surface area contributed by atoms with Gasteiger partial charge in [-0.25, -0.2) is 13.6 Å². The van der Waals surface area contributed by atoms with Crippen molar-refractivity contribution >= 4 is 21.9 Å². The van der Waals surface area contributed by atoms with Crippen molar-refractivity contribution in [1.82, 2.24) is 0 Å². The summed E-state index contributed by atoms with van der Waals surface area (Å²) in [5.74, 6) is 0.105. The topological polar surface area (TPSA) is 92.8 Å². The smallest absolute Gasteiger partial charge is 0.238 e. The lowest BCUT2D eigenvalue weighted by molar-refractivity contribution is 0.474. The first-order chi connectivity index (χ1) is 8.97. The van der Waals surface area contributed by atoms with E-state index in [4.69, 9.17) is 5.14 Å². The molecular weight excluding hydrogens is 264 g/mol. The van der Waals surface area contributed by atoms with Gasteiger partial charge in [0, 0.05) is 11.8 Å². The Morgan fingerprint density at radius 3 is 2.53 bits per heavy atom. The van der Waals surface area contributed by atoms with Crippen molar-refractivity contribution in [3.63, 3.8) is 0 Å². The number of rotatable bonds is 3. The van der Waals surface area contributed by atoms with Crippen LogP contribution in [-0.4, -0.2) is 19.7 Å². The Balaban J connectivity index is 2.32. The molecule has 0 heterocycles. The van der Waals surface area contributed by atoms with E-state index in [1.807, 2.05) is 0 Å². The van der Waals surface area contributed by atoms with Crippen molar-refractivity contribution in [3.05, 3.63) is 54.1 Å². The highest BCUT2D eigenvalue weighted by molar-refractivity contribution is 7.89. The zero-order chi connectivity index (χ0) is 13.9. The summed E-state index contributed by atoms with van der Waals surface area (Å²) in [6.45, 7) is 0. The number of phenolic OH excluding ortho intramolecular Hbond substituents is 1. The summed E-state index contributed by atoms with van der Waals surface area (Å²) >= 11 is 0. The second-order valence-electron chi connectivity index (χ2n) is 3.86. The first-order valence-electron chi connectivity index (χ1n) is 5.42. The average molecular weight is 276 g/mol. The summed E-state index contributed by atoms with van der Waals surface area (Å²) in [6.07, 6.45) is 1.46. The molecule has 0 radical (unpaired) electrons. The molecule has 0 aliphatic carbocycles. The molecule has 0 unspecified atom stereocenters. The number of sulfonamides is 1. The van der Waals surface area contributed by atoms with Crippen LogP contribution in [0.25, 0.3) is 0 Å². The minimum Gasteiger partial charge on any atom is -0.507 e.